The summed E-state index contributed by atoms with van der Waals surface area (Å²) in [4.78, 5) is 4.36. The van der Waals surface area contributed by atoms with Crippen molar-refractivity contribution in [3.05, 3.63) is 53.3 Å². The summed E-state index contributed by atoms with van der Waals surface area (Å²) in [5, 5.41) is 0. The monoisotopic (exact) mass is 211 g/mol. The van der Waals surface area contributed by atoms with Crippen molar-refractivity contribution in [3.63, 3.8) is 0 Å². The molecule has 0 fully saturated rings. The minimum Gasteiger partial charge on any atom is -0.455 e. The van der Waals surface area contributed by atoms with Crippen molar-refractivity contribution in [2.45, 2.75) is 19.8 Å². The van der Waals surface area contributed by atoms with E-state index in [2.05, 4.69) is 30.1 Å². The summed E-state index contributed by atoms with van der Waals surface area (Å²) in [7, 11) is 0. The SMILES string of the molecule is Cc1ccc2c(c1)Oc1cccnc1CC2. The second kappa shape index (κ2) is 3.63. The third kappa shape index (κ3) is 1.56. The number of pyridine rings is 1. The highest BCUT2D eigenvalue weighted by Gasteiger charge is 2.14. The van der Waals surface area contributed by atoms with Gasteiger partial charge in [0.2, 0.25) is 0 Å². The van der Waals surface area contributed by atoms with Crippen LogP contribution in [0.4, 0.5) is 0 Å². The van der Waals surface area contributed by atoms with Gasteiger partial charge in [0.1, 0.15) is 11.5 Å². The van der Waals surface area contributed by atoms with Crippen molar-refractivity contribution in [1.82, 2.24) is 4.98 Å². The summed E-state index contributed by atoms with van der Waals surface area (Å²) < 4.78 is 5.92. The van der Waals surface area contributed by atoms with Gasteiger partial charge in [0.15, 0.2) is 0 Å². The summed E-state index contributed by atoms with van der Waals surface area (Å²) in [5.41, 5.74) is 3.55. The van der Waals surface area contributed by atoms with Gasteiger partial charge in [-0.05, 0) is 49.1 Å². The van der Waals surface area contributed by atoms with E-state index in [0.29, 0.717) is 0 Å². The maximum Gasteiger partial charge on any atom is 0.148 e. The average molecular weight is 211 g/mol. The number of nitrogens with zero attached hydrogens (tertiary/aromatic N) is 1. The molecule has 0 bridgehead atoms. The van der Waals surface area contributed by atoms with Gasteiger partial charge in [0.25, 0.3) is 0 Å². The Balaban J connectivity index is 2.10. The predicted octanol–water partition coefficient (Wildman–Crippen LogP) is 3.28. The molecule has 2 heteroatoms. The summed E-state index contributed by atoms with van der Waals surface area (Å²) in [6.07, 6.45) is 3.77. The second-order valence-electron chi connectivity index (χ2n) is 4.16. The highest BCUT2D eigenvalue weighted by Crippen LogP contribution is 2.32. The zero-order valence-corrected chi connectivity index (χ0v) is 9.23. The molecule has 3 rings (SSSR count). The molecule has 80 valence electrons. The van der Waals surface area contributed by atoms with E-state index in [1.165, 1.54) is 11.1 Å². The highest BCUT2D eigenvalue weighted by molar-refractivity contribution is 5.44. The molecule has 16 heavy (non-hydrogen) atoms. The zero-order valence-electron chi connectivity index (χ0n) is 9.23. The van der Waals surface area contributed by atoms with Gasteiger partial charge in [-0.25, -0.2) is 0 Å². The first-order chi connectivity index (χ1) is 7.83. The molecule has 0 aliphatic carbocycles. The van der Waals surface area contributed by atoms with E-state index in [1.807, 2.05) is 18.3 Å². The van der Waals surface area contributed by atoms with Gasteiger partial charge < -0.3 is 4.74 Å². The number of ether oxygens (including phenoxy) is 1. The van der Waals surface area contributed by atoms with Crippen LogP contribution in [0.25, 0.3) is 0 Å². The molecule has 1 aliphatic rings. The van der Waals surface area contributed by atoms with Gasteiger partial charge >= 0.3 is 0 Å². The molecule has 0 saturated heterocycles. The minimum atomic E-state index is 0.895. The largest absolute Gasteiger partial charge is 0.455 e. The molecule has 2 aromatic rings. The van der Waals surface area contributed by atoms with Gasteiger partial charge in [-0.15, -0.1) is 0 Å². The second-order valence-corrected chi connectivity index (χ2v) is 4.16. The van der Waals surface area contributed by atoms with Crippen LogP contribution < -0.4 is 4.74 Å². The molecule has 0 N–H and O–H groups in total. The van der Waals surface area contributed by atoms with Crippen molar-refractivity contribution in [3.8, 4) is 11.5 Å². The molecule has 0 saturated carbocycles. The lowest BCUT2D eigenvalue weighted by Crippen LogP contribution is -1.91. The van der Waals surface area contributed by atoms with E-state index in [-0.39, 0.29) is 0 Å². The first kappa shape index (κ1) is 9.40. The first-order valence-corrected chi connectivity index (χ1v) is 5.54. The number of aromatic nitrogens is 1. The molecule has 0 unspecified atom stereocenters. The Morgan fingerprint density at radius 3 is 3.00 bits per heavy atom. The van der Waals surface area contributed by atoms with Crippen LogP contribution in [0.2, 0.25) is 0 Å². The topological polar surface area (TPSA) is 22.1 Å². The number of rotatable bonds is 0. The summed E-state index contributed by atoms with van der Waals surface area (Å²) in [6, 6.07) is 10.3. The molecule has 0 atom stereocenters. The Kier molecular flexibility index (Phi) is 2.13. The predicted molar refractivity (Wildman–Crippen MR) is 62.9 cm³/mol. The van der Waals surface area contributed by atoms with Gasteiger partial charge in [-0.2, -0.15) is 0 Å². The Morgan fingerprint density at radius 1 is 1.12 bits per heavy atom. The summed E-state index contributed by atoms with van der Waals surface area (Å²) in [5.74, 6) is 1.87. The minimum absolute atomic E-state index is 0.895. The number of benzene rings is 1. The van der Waals surface area contributed by atoms with E-state index in [1.54, 1.807) is 0 Å². The Hall–Kier alpha value is -1.83. The molecule has 0 radical (unpaired) electrons. The quantitative estimate of drug-likeness (QED) is 0.667. The fourth-order valence-electron chi connectivity index (χ4n) is 2.04. The van der Waals surface area contributed by atoms with Crippen LogP contribution in [-0.2, 0) is 12.8 Å². The van der Waals surface area contributed by atoms with Crippen molar-refractivity contribution in [1.29, 1.82) is 0 Å². The number of fused-ring (bicyclic) bond motifs is 2. The molecule has 0 amide bonds. The van der Waals surface area contributed by atoms with Gasteiger partial charge in [-0.1, -0.05) is 12.1 Å². The van der Waals surface area contributed by atoms with Crippen LogP contribution >= 0.6 is 0 Å². The van der Waals surface area contributed by atoms with Crippen LogP contribution in [0.5, 0.6) is 11.5 Å². The molecule has 1 aromatic heterocycles. The fourth-order valence-corrected chi connectivity index (χ4v) is 2.04. The summed E-state index contributed by atoms with van der Waals surface area (Å²) in [6.45, 7) is 2.08. The molecule has 2 nitrogen and oxygen atoms in total. The molecule has 2 heterocycles. The number of aryl methyl sites for hydroxylation is 3. The van der Waals surface area contributed by atoms with E-state index < -0.39 is 0 Å². The van der Waals surface area contributed by atoms with Crippen molar-refractivity contribution in [2.24, 2.45) is 0 Å². The van der Waals surface area contributed by atoms with Crippen LogP contribution in [0.1, 0.15) is 16.8 Å². The fraction of sp³-hybridized carbons (Fsp3) is 0.214. The van der Waals surface area contributed by atoms with Gasteiger partial charge in [0, 0.05) is 6.20 Å². The lowest BCUT2D eigenvalue weighted by atomic mass is 10.1. The van der Waals surface area contributed by atoms with E-state index in [4.69, 9.17) is 4.74 Å². The van der Waals surface area contributed by atoms with Crippen LogP contribution in [0.3, 0.4) is 0 Å². The maximum atomic E-state index is 5.92. The zero-order chi connectivity index (χ0) is 11.0. The van der Waals surface area contributed by atoms with Crippen LogP contribution in [-0.4, -0.2) is 4.98 Å². The van der Waals surface area contributed by atoms with Gasteiger partial charge in [-0.3, -0.25) is 4.98 Å². The molecule has 1 aromatic carbocycles. The lowest BCUT2D eigenvalue weighted by Gasteiger charge is -2.08. The van der Waals surface area contributed by atoms with Gasteiger partial charge in [0.05, 0.1) is 5.69 Å². The maximum absolute atomic E-state index is 5.92. The number of hydrogen-bond donors (Lipinski definition) is 0. The highest BCUT2D eigenvalue weighted by atomic mass is 16.5. The average Bonchev–Trinajstić information content (AvgIpc) is 2.47. The normalized spacial score (nSPS) is 13.3. The van der Waals surface area contributed by atoms with E-state index in [9.17, 15) is 0 Å². The Morgan fingerprint density at radius 2 is 2.06 bits per heavy atom. The van der Waals surface area contributed by atoms with Crippen molar-refractivity contribution in [2.75, 3.05) is 0 Å². The molecular formula is C14H13NO. The Bertz CT molecular complexity index is 534. The first-order valence-electron chi connectivity index (χ1n) is 5.54. The van der Waals surface area contributed by atoms with Crippen LogP contribution in [0.15, 0.2) is 36.5 Å². The molecule has 1 aliphatic heterocycles. The lowest BCUT2D eigenvalue weighted by molar-refractivity contribution is 0.476. The van der Waals surface area contributed by atoms with Crippen LogP contribution in [0, 0.1) is 6.92 Å². The smallest absolute Gasteiger partial charge is 0.148 e. The molecule has 0 spiro atoms. The molecular weight excluding hydrogens is 198 g/mol. The third-order valence-electron chi connectivity index (χ3n) is 2.92. The van der Waals surface area contributed by atoms with E-state index >= 15 is 0 Å². The van der Waals surface area contributed by atoms with Crippen molar-refractivity contribution >= 4 is 0 Å². The van der Waals surface area contributed by atoms with Crippen molar-refractivity contribution < 1.29 is 4.74 Å². The van der Waals surface area contributed by atoms with E-state index in [0.717, 1.165) is 30.0 Å². The summed E-state index contributed by atoms with van der Waals surface area (Å²) >= 11 is 0. The standard InChI is InChI=1S/C14H13NO/c1-10-4-5-11-6-7-12-13(3-2-8-15-12)16-14(11)9-10/h2-5,8-9H,6-7H2,1H3. The third-order valence-corrected chi connectivity index (χ3v) is 2.92. The Labute approximate surface area is 94.9 Å². The number of hydrogen-bond acceptors (Lipinski definition) is 2.